The molecule has 1 nitrogen and oxygen atoms in total. The molecule has 0 aromatic heterocycles. The lowest BCUT2D eigenvalue weighted by molar-refractivity contribution is 0.243. The zero-order chi connectivity index (χ0) is 8.81. The Balaban J connectivity index is 2.11. The van der Waals surface area contributed by atoms with Crippen LogP contribution in [0.15, 0.2) is 0 Å². The van der Waals surface area contributed by atoms with Gasteiger partial charge >= 0.3 is 0 Å². The third-order valence-corrected chi connectivity index (χ3v) is 2.98. The summed E-state index contributed by atoms with van der Waals surface area (Å²) < 4.78 is 0. The van der Waals surface area contributed by atoms with Gasteiger partial charge in [-0.25, -0.2) is 0 Å². The van der Waals surface area contributed by atoms with Gasteiger partial charge in [-0.15, -0.1) is 0 Å². The van der Waals surface area contributed by atoms with Crippen LogP contribution in [0, 0.1) is 5.92 Å². The van der Waals surface area contributed by atoms with Gasteiger partial charge in [0.2, 0.25) is 0 Å². The van der Waals surface area contributed by atoms with E-state index in [0.717, 1.165) is 18.2 Å². The SMILES string of the molecule is CN(CCS)CC1CCCCC1. The molecular weight excluding hydrogens is 166 g/mol. The van der Waals surface area contributed by atoms with Crippen LogP contribution in [-0.2, 0) is 0 Å². The molecule has 0 bridgehead atoms. The molecule has 72 valence electrons. The fourth-order valence-corrected chi connectivity index (χ4v) is 2.41. The van der Waals surface area contributed by atoms with Crippen molar-refractivity contribution in [1.82, 2.24) is 4.90 Å². The van der Waals surface area contributed by atoms with Crippen molar-refractivity contribution in [3.05, 3.63) is 0 Å². The van der Waals surface area contributed by atoms with Gasteiger partial charge in [0.15, 0.2) is 0 Å². The van der Waals surface area contributed by atoms with E-state index in [1.165, 1.54) is 38.6 Å². The number of hydrogen-bond donors (Lipinski definition) is 1. The Labute approximate surface area is 81.9 Å². The lowest BCUT2D eigenvalue weighted by Crippen LogP contribution is -2.28. The van der Waals surface area contributed by atoms with Crippen molar-refractivity contribution in [1.29, 1.82) is 0 Å². The van der Waals surface area contributed by atoms with Crippen LogP contribution in [-0.4, -0.2) is 30.8 Å². The van der Waals surface area contributed by atoms with E-state index in [4.69, 9.17) is 0 Å². The standard InChI is InChI=1S/C10H21NS/c1-11(7-8-12)9-10-5-3-2-4-6-10/h10,12H,2-9H2,1H3. The summed E-state index contributed by atoms with van der Waals surface area (Å²) in [6.07, 6.45) is 7.29. The van der Waals surface area contributed by atoms with Crippen LogP contribution in [0.1, 0.15) is 32.1 Å². The van der Waals surface area contributed by atoms with Crippen molar-refractivity contribution >= 4 is 12.6 Å². The zero-order valence-electron chi connectivity index (χ0n) is 8.13. The fourth-order valence-electron chi connectivity index (χ4n) is 2.07. The third-order valence-electron chi connectivity index (χ3n) is 2.78. The van der Waals surface area contributed by atoms with Crippen LogP contribution in [0.4, 0.5) is 0 Å². The maximum Gasteiger partial charge on any atom is 0.00669 e. The highest BCUT2D eigenvalue weighted by molar-refractivity contribution is 7.80. The summed E-state index contributed by atoms with van der Waals surface area (Å²) in [4.78, 5) is 2.42. The molecular formula is C10H21NS. The summed E-state index contributed by atoms with van der Waals surface area (Å²) >= 11 is 4.24. The first kappa shape index (κ1) is 10.4. The van der Waals surface area contributed by atoms with Crippen molar-refractivity contribution in [2.75, 3.05) is 25.9 Å². The van der Waals surface area contributed by atoms with Crippen LogP contribution in [0.5, 0.6) is 0 Å². The van der Waals surface area contributed by atoms with Gasteiger partial charge in [-0.3, -0.25) is 0 Å². The number of hydrogen-bond acceptors (Lipinski definition) is 2. The molecule has 1 fully saturated rings. The maximum atomic E-state index is 4.24. The van der Waals surface area contributed by atoms with Gasteiger partial charge in [-0.05, 0) is 25.8 Å². The minimum atomic E-state index is 0.976. The molecule has 12 heavy (non-hydrogen) atoms. The van der Waals surface area contributed by atoms with Crippen molar-refractivity contribution in [2.45, 2.75) is 32.1 Å². The zero-order valence-corrected chi connectivity index (χ0v) is 9.02. The predicted molar refractivity (Wildman–Crippen MR) is 57.9 cm³/mol. The number of thiol groups is 1. The summed E-state index contributed by atoms with van der Waals surface area (Å²) in [6, 6.07) is 0. The second-order valence-corrected chi connectivity index (χ2v) is 4.44. The highest BCUT2D eigenvalue weighted by Crippen LogP contribution is 2.23. The second-order valence-electron chi connectivity index (χ2n) is 3.99. The first-order valence-electron chi connectivity index (χ1n) is 5.12. The van der Waals surface area contributed by atoms with Crippen molar-refractivity contribution in [3.63, 3.8) is 0 Å². The first-order valence-corrected chi connectivity index (χ1v) is 5.75. The minimum absolute atomic E-state index is 0.976. The normalized spacial score (nSPS) is 20.2. The Morgan fingerprint density at radius 3 is 2.50 bits per heavy atom. The molecule has 0 N–H and O–H groups in total. The van der Waals surface area contributed by atoms with E-state index in [0.29, 0.717) is 0 Å². The highest BCUT2D eigenvalue weighted by Gasteiger charge is 2.14. The Bertz CT molecular complexity index is 110. The Hall–Kier alpha value is 0.310. The number of nitrogens with zero attached hydrogens (tertiary/aromatic N) is 1. The largest absolute Gasteiger partial charge is 0.305 e. The summed E-state index contributed by atoms with van der Waals surface area (Å²) in [5.74, 6) is 1.96. The summed E-state index contributed by atoms with van der Waals surface area (Å²) in [7, 11) is 2.21. The molecule has 0 aromatic rings. The van der Waals surface area contributed by atoms with Crippen LogP contribution in [0.25, 0.3) is 0 Å². The molecule has 0 saturated heterocycles. The maximum absolute atomic E-state index is 4.24. The molecule has 0 spiro atoms. The molecule has 0 aromatic carbocycles. The van der Waals surface area contributed by atoms with E-state index in [-0.39, 0.29) is 0 Å². The smallest absolute Gasteiger partial charge is 0.00669 e. The van der Waals surface area contributed by atoms with E-state index in [1.54, 1.807) is 0 Å². The molecule has 1 saturated carbocycles. The van der Waals surface area contributed by atoms with Crippen LogP contribution < -0.4 is 0 Å². The summed E-state index contributed by atoms with van der Waals surface area (Å²) in [5, 5.41) is 0. The average Bonchev–Trinajstić information content (AvgIpc) is 2.06. The van der Waals surface area contributed by atoms with Gasteiger partial charge in [-0.2, -0.15) is 12.6 Å². The third kappa shape index (κ3) is 3.81. The Kier molecular flexibility index (Phi) is 5.08. The van der Waals surface area contributed by atoms with E-state index in [2.05, 4.69) is 24.6 Å². The van der Waals surface area contributed by atoms with Crippen molar-refractivity contribution < 1.29 is 0 Å². The van der Waals surface area contributed by atoms with E-state index < -0.39 is 0 Å². The monoisotopic (exact) mass is 187 g/mol. The molecule has 0 amide bonds. The first-order chi connectivity index (χ1) is 5.83. The molecule has 1 aliphatic carbocycles. The molecule has 1 aliphatic rings. The van der Waals surface area contributed by atoms with Gasteiger partial charge in [0.05, 0.1) is 0 Å². The lowest BCUT2D eigenvalue weighted by Gasteiger charge is -2.26. The lowest BCUT2D eigenvalue weighted by atomic mass is 9.89. The van der Waals surface area contributed by atoms with Crippen LogP contribution in [0.2, 0.25) is 0 Å². The Morgan fingerprint density at radius 1 is 1.25 bits per heavy atom. The van der Waals surface area contributed by atoms with Gasteiger partial charge in [0.1, 0.15) is 0 Å². The summed E-state index contributed by atoms with van der Waals surface area (Å²) in [5.41, 5.74) is 0. The van der Waals surface area contributed by atoms with E-state index >= 15 is 0 Å². The molecule has 1 rings (SSSR count). The average molecular weight is 187 g/mol. The van der Waals surface area contributed by atoms with Gasteiger partial charge in [-0.1, -0.05) is 19.3 Å². The molecule has 0 aliphatic heterocycles. The highest BCUT2D eigenvalue weighted by atomic mass is 32.1. The van der Waals surface area contributed by atoms with Crippen molar-refractivity contribution in [3.8, 4) is 0 Å². The molecule has 0 heterocycles. The Morgan fingerprint density at radius 2 is 1.92 bits per heavy atom. The molecule has 0 radical (unpaired) electrons. The molecule has 0 unspecified atom stereocenters. The van der Waals surface area contributed by atoms with Crippen LogP contribution in [0.3, 0.4) is 0 Å². The molecule has 2 heteroatoms. The minimum Gasteiger partial charge on any atom is -0.305 e. The predicted octanol–water partition coefficient (Wildman–Crippen LogP) is 2.43. The summed E-state index contributed by atoms with van der Waals surface area (Å²) in [6.45, 7) is 2.43. The van der Waals surface area contributed by atoms with Crippen molar-refractivity contribution in [2.24, 2.45) is 5.92 Å². The van der Waals surface area contributed by atoms with Gasteiger partial charge in [0.25, 0.3) is 0 Å². The van der Waals surface area contributed by atoms with Gasteiger partial charge in [0, 0.05) is 18.8 Å². The topological polar surface area (TPSA) is 3.24 Å². The second kappa shape index (κ2) is 5.87. The number of rotatable bonds is 4. The van der Waals surface area contributed by atoms with E-state index in [9.17, 15) is 0 Å². The van der Waals surface area contributed by atoms with Crippen LogP contribution >= 0.6 is 12.6 Å². The fraction of sp³-hybridized carbons (Fsp3) is 1.00. The quantitative estimate of drug-likeness (QED) is 0.662. The molecule has 0 atom stereocenters. The van der Waals surface area contributed by atoms with E-state index in [1.807, 2.05) is 0 Å². The van der Waals surface area contributed by atoms with Gasteiger partial charge < -0.3 is 4.90 Å².